The number of phenolic OH excluding ortho intramolecular Hbond substituents is 1. The van der Waals surface area contributed by atoms with E-state index in [-0.39, 0.29) is 11.3 Å². The summed E-state index contributed by atoms with van der Waals surface area (Å²) in [4.78, 5) is 2.29. The van der Waals surface area contributed by atoms with Crippen LogP contribution in [0.5, 0.6) is 5.75 Å². The fourth-order valence-electron chi connectivity index (χ4n) is 2.95. The summed E-state index contributed by atoms with van der Waals surface area (Å²) in [6.07, 6.45) is 4.93. The molecule has 0 radical (unpaired) electrons. The van der Waals surface area contributed by atoms with Crippen LogP contribution in [0, 0.1) is 5.82 Å². The molecule has 0 unspecified atom stereocenters. The lowest BCUT2D eigenvalue weighted by Crippen LogP contribution is -2.49. The molecule has 2 rings (SSSR count). The number of aromatic hydroxyl groups is 1. The normalized spacial score (nSPS) is 18.1. The van der Waals surface area contributed by atoms with Crippen LogP contribution in [0.3, 0.4) is 0 Å². The van der Waals surface area contributed by atoms with E-state index in [1.165, 1.54) is 31.7 Å². The van der Waals surface area contributed by atoms with E-state index in [0.29, 0.717) is 12.1 Å². The molecule has 0 amide bonds. The molecule has 2 N–H and O–H groups in total. The first-order valence-electron chi connectivity index (χ1n) is 6.90. The number of para-hydroxylation sites is 1. The van der Waals surface area contributed by atoms with Crippen LogP contribution in [0.4, 0.5) is 4.39 Å². The Morgan fingerprint density at radius 2 is 2.00 bits per heavy atom. The van der Waals surface area contributed by atoms with Crippen LogP contribution >= 0.6 is 0 Å². The van der Waals surface area contributed by atoms with Crippen molar-refractivity contribution in [2.24, 2.45) is 0 Å². The van der Waals surface area contributed by atoms with Crippen LogP contribution in [0.2, 0.25) is 0 Å². The summed E-state index contributed by atoms with van der Waals surface area (Å²) in [5.41, 5.74) is 0.829. The number of nitrogens with one attached hydrogen (secondary N) is 1. The molecule has 0 bridgehead atoms. The van der Waals surface area contributed by atoms with Crippen molar-refractivity contribution in [3.63, 3.8) is 0 Å². The van der Waals surface area contributed by atoms with Gasteiger partial charge < -0.3 is 15.3 Å². The van der Waals surface area contributed by atoms with Gasteiger partial charge in [-0.25, -0.2) is 4.39 Å². The molecular formula is C15H23FN2O. The molecular weight excluding hydrogens is 243 g/mol. The lowest BCUT2D eigenvalue weighted by molar-refractivity contribution is 0.153. The third-order valence-electron chi connectivity index (χ3n) is 4.32. The number of likely N-dealkylation sites (N-methyl/N-ethyl adjacent to an activating group) is 1. The molecule has 1 aromatic rings. The number of hydrogen-bond acceptors (Lipinski definition) is 3. The molecule has 0 heterocycles. The molecule has 4 heteroatoms. The molecule has 1 fully saturated rings. The summed E-state index contributed by atoms with van der Waals surface area (Å²) in [5.74, 6) is -0.789. The second-order valence-corrected chi connectivity index (χ2v) is 5.68. The third-order valence-corrected chi connectivity index (χ3v) is 4.32. The van der Waals surface area contributed by atoms with Crippen LogP contribution < -0.4 is 5.32 Å². The van der Waals surface area contributed by atoms with Crippen molar-refractivity contribution in [3.05, 3.63) is 29.6 Å². The zero-order valence-corrected chi connectivity index (χ0v) is 11.7. The van der Waals surface area contributed by atoms with E-state index in [1.54, 1.807) is 12.1 Å². The number of hydrogen-bond donors (Lipinski definition) is 2. The molecule has 1 aliphatic carbocycles. The highest BCUT2D eigenvalue weighted by Gasteiger charge is 2.35. The maximum Gasteiger partial charge on any atom is 0.165 e. The molecule has 0 atom stereocenters. The predicted octanol–water partition coefficient (Wildman–Crippen LogP) is 2.50. The fraction of sp³-hybridized carbons (Fsp3) is 0.600. The van der Waals surface area contributed by atoms with Gasteiger partial charge in [0, 0.05) is 24.2 Å². The van der Waals surface area contributed by atoms with Gasteiger partial charge in [0.25, 0.3) is 0 Å². The molecule has 1 saturated carbocycles. The average molecular weight is 266 g/mol. The lowest BCUT2D eigenvalue weighted by atomic mass is 9.96. The smallest absolute Gasteiger partial charge is 0.165 e. The number of phenols is 1. The standard InChI is InChI=1S/C15H23FN2O/c1-18(2)15(8-3-4-9-15)11-17-10-12-6-5-7-13(16)14(12)19/h5-7,17,19H,3-4,8-11H2,1-2H3. The predicted molar refractivity (Wildman–Crippen MR) is 74.7 cm³/mol. The summed E-state index contributed by atoms with van der Waals surface area (Å²) < 4.78 is 13.2. The first-order valence-corrected chi connectivity index (χ1v) is 6.90. The van der Waals surface area contributed by atoms with Crippen LogP contribution in [0.25, 0.3) is 0 Å². The van der Waals surface area contributed by atoms with Crippen molar-refractivity contribution in [2.75, 3.05) is 20.6 Å². The first-order chi connectivity index (χ1) is 9.05. The average Bonchev–Trinajstić information content (AvgIpc) is 2.85. The SMILES string of the molecule is CN(C)C1(CNCc2cccc(F)c2O)CCCC1. The highest BCUT2D eigenvalue weighted by atomic mass is 19.1. The van der Waals surface area contributed by atoms with E-state index in [2.05, 4.69) is 24.3 Å². The van der Waals surface area contributed by atoms with E-state index in [1.807, 2.05) is 0 Å². The minimum atomic E-state index is -0.553. The molecule has 0 aromatic heterocycles. The van der Waals surface area contributed by atoms with E-state index in [9.17, 15) is 9.50 Å². The molecule has 1 aliphatic rings. The quantitative estimate of drug-likeness (QED) is 0.859. The monoisotopic (exact) mass is 266 g/mol. The molecule has 106 valence electrons. The highest BCUT2D eigenvalue weighted by molar-refractivity contribution is 5.33. The molecule has 1 aromatic carbocycles. The molecule has 19 heavy (non-hydrogen) atoms. The largest absolute Gasteiger partial charge is 0.505 e. The van der Waals surface area contributed by atoms with Crippen molar-refractivity contribution >= 4 is 0 Å². The minimum absolute atomic E-state index is 0.211. The van der Waals surface area contributed by atoms with E-state index < -0.39 is 5.82 Å². The second-order valence-electron chi connectivity index (χ2n) is 5.68. The van der Waals surface area contributed by atoms with Gasteiger partial charge in [-0.3, -0.25) is 0 Å². The Balaban J connectivity index is 1.94. The summed E-state index contributed by atoms with van der Waals surface area (Å²) >= 11 is 0. The van der Waals surface area contributed by atoms with Gasteiger partial charge in [-0.2, -0.15) is 0 Å². The van der Waals surface area contributed by atoms with Gasteiger partial charge in [0.05, 0.1) is 0 Å². The zero-order chi connectivity index (χ0) is 13.9. The summed E-state index contributed by atoms with van der Waals surface area (Å²) in [6, 6.07) is 4.66. The van der Waals surface area contributed by atoms with E-state index in [0.717, 1.165) is 6.54 Å². The zero-order valence-electron chi connectivity index (χ0n) is 11.7. The maximum absolute atomic E-state index is 13.2. The highest BCUT2D eigenvalue weighted by Crippen LogP contribution is 2.33. The van der Waals surface area contributed by atoms with Crippen LogP contribution in [0.15, 0.2) is 18.2 Å². The second kappa shape index (κ2) is 5.88. The minimum Gasteiger partial charge on any atom is -0.505 e. The maximum atomic E-state index is 13.2. The first kappa shape index (κ1) is 14.3. The number of rotatable bonds is 5. The number of benzene rings is 1. The summed E-state index contributed by atoms with van der Waals surface area (Å²) in [7, 11) is 4.24. The van der Waals surface area contributed by atoms with E-state index >= 15 is 0 Å². The van der Waals surface area contributed by atoms with Gasteiger partial charge in [-0.1, -0.05) is 25.0 Å². The van der Waals surface area contributed by atoms with Crippen LogP contribution in [-0.2, 0) is 6.54 Å². The Hall–Kier alpha value is -1.13. The summed E-state index contributed by atoms with van der Waals surface area (Å²) in [6.45, 7) is 1.37. The van der Waals surface area contributed by atoms with Crippen LogP contribution in [0.1, 0.15) is 31.2 Å². The van der Waals surface area contributed by atoms with Gasteiger partial charge in [0.1, 0.15) is 0 Å². The van der Waals surface area contributed by atoms with Crippen molar-refractivity contribution in [1.82, 2.24) is 10.2 Å². The molecule has 0 spiro atoms. The third kappa shape index (κ3) is 3.07. The van der Waals surface area contributed by atoms with Crippen LogP contribution in [-0.4, -0.2) is 36.2 Å². The van der Waals surface area contributed by atoms with Gasteiger partial charge in [-0.05, 0) is 33.0 Å². The molecule has 0 aliphatic heterocycles. The fourth-order valence-corrected chi connectivity index (χ4v) is 2.95. The van der Waals surface area contributed by atoms with Gasteiger partial charge in [-0.15, -0.1) is 0 Å². The molecule has 0 saturated heterocycles. The van der Waals surface area contributed by atoms with Gasteiger partial charge >= 0.3 is 0 Å². The van der Waals surface area contributed by atoms with Gasteiger partial charge in [0.2, 0.25) is 0 Å². The Bertz CT molecular complexity index is 428. The Morgan fingerprint density at radius 3 is 2.63 bits per heavy atom. The lowest BCUT2D eigenvalue weighted by Gasteiger charge is -2.36. The Morgan fingerprint density at radius 1 is 1.32 bits per heavy atom. The van der Waals surface area contributed by atoms with Crippen molar-refractivity contribution in [1.29, 1.82) is 0 Å². The van der Waals surface area contributed by atoms with Crippen molar-refractivity contribution in [3.8, 4) is 5.75 Å². The van der Waals surface area contributed by atoms with E-state index in [4.69, 9.17) is 0 Å². The number of nitrogens with zero attached hydrogens (tertiary/aromatic N) is 1. The Labute approximate surface area is 114 Å². The molecule has 3 nitrogen and oxygen atoms in total. The number of halogens is 1. The Kier molecular flexibility index (Phi) is 4.42. The van der Waals surface area contributed by atoms with Gasteiger partial charge in [0.15, 0.2) is 11.6 Å². The van der Waals surface area contributed by atoms with Crippen molar-refractivity contribution in [2.45, 2.75) is 37.8 Å². The summed E-state index contributed by atoms with van der Waals surface area (Å²) in [5, 5.41) is 13.0. The topological polar surface area (TPSA) is 35.5 Å². The van der Waals surface area contributed by atoms with Crippen molar-refractivity contribution < 1.29 is 9.50 Å².